The number of benzene rings is 2. The summed E-state index contributed by atoms with van der Waals surface area (Å²) in [5.41, 5.74) is 0.508. The molecule has 0 spiro atoms. The van der Waals surface area contributed by atoms with Crippen molar-refractivity contribution < 1.29 is 9.53 Å². The molecule has 0 aromatic heterocycles. The number of anilines is 1. The average Bonchev–Trinajstić information content (AvgIpc) is 2.40. The van der Waals surface area contributed by atoms with Gasteiger partial charge in [0.15, 0.2) is 6.10 Å². The first-order chi connectivity index (χ1) is 10.3. The van der Waals surface area contributed by atoms with Crippen molar-refractivity contribution >= 4 is 62.3 Å². The van der Waals surface area contributed by atoms with Crippen LogP contribution in [0.15, 0.2) is 40.9 Å². The first-order valence-corrected chi connectivity index (χ1v) is 8.16. The van der Waals surface area contributed by atoms with Gasteiger partial charge >= 0.3 is 0 Å². The summed E-state index contributed by atoms with van der Waals surface area (Å²) < 4.78 is 6.28. The summed E-state index contributed by atoms with van der Waals surface area (Å²) >= 11 is 21.0. The van der Waals surface area contributed by atoms with Gasteiger partial charge in [0.05, 0.1) is 4.47 Å². The molecule has 0 saturated carbocycles. The lowest BCUT2D eigenvalue weighted by molar-refractivity contribution is -0.122. The van der Waals surface area contributed by atoms with Crippen LogP contribution in [0.25, 0.3) is 0 Å². The van der Waals surface area contributed by atoms with Crippen molar-refractivity contribution in [2.45, 2.75) is 13.0 Å². The Bertz CT molecular complexity index is 689. The Hall–Kier alpha value is -0.940. The SMILES string of the molecule is CC(Oc1ccc(Cl)cc1Br)C(=O)Nc1cc(Cl)cc(Cl)c1. The van der Waals surface area contributed by atoms with Gasteiger partial charge in [-0.2, -0.15) is 0 Å². The summed E-state index contributed by atoms with van der Waals surface area (Å²) in [4.78, 5) is 12.2. The first kappa shape index (κ1) is 17.4. The van der Waals surface area contributed by atoms with Crippen molar-refractivity contribution in [3.05, 3.63) is 55.9 Å². The van der Waals surface area contributed by atoms with Gasteiger partial charge in [-0.15, -0.1) is 0 Å². The summed E-state index contributed by atoms with van der Waals surface area (Å²) in [5.74, 6) is 0.205. The largest absolute Gasteiger partial charge is 0.480 e. The molecule has 0 saturated heterocycles. The molecule has 1 N–H and O–H groups in total. The van der Waals surface area contributed by atoms with E-state index in [0.29, 0.717) is 31.0 Å². The molecule has 1 unspecified atom stereocenters. The van der Waals surface area contributed by atoms with Crippen molar-refractivity contribution in [2.75, 3.05) is 5.32 Å². The molecule has 0 heterocycles. The maximum Gasteiger partial charge on any atom is 0.265 e. The number of amides is 1. The Labute approximate surface area is 151 Å². The van der Waals surface area contributed by atoms with Crippen LogP contribution in [-0.2, 0) is 4.79 Å². The summed E-state index contributed by atoms with van der Waals surface area (Å²) in [6.07, 6.45) is -0.713. The lowest BCUT2D eigenvalue weighted by atomic mass is 10.3. The molecule has 116 valence electrons. The highest BCUT2D eigenvalue weighted by atomic mass is 79.9. The first-order valence-electron chi connectivity index (χ1n) is 6.24. The highest BCUT2D eigenvalue weighted by Gasteiger charge is 2.16. The molecule has 1 amide bonds. The van der Waals surface area contributed by atoms with Crippen molar-refractivity contribution in [3.63, 3.8) is 0 Å². The highest BCUT2D eigenvalue weighted by Crippen LogP contribution is 2.29. The highest BCUT2D eigenvalue weighted by molar-refractivity contribution is 9.10. The van der Waals surface area contributed by atoms with Crippen LogP contribution >= 0.6 is 50.7 Å². The average molecular weight is 424 g/mol. The van der Waals surface area contributed by atoms with Crippen LogP contribution in [0.1, 0.15) is 6.92 Å². The number of rotatable bonds is 4. The fourth-order valence-electron chi connectivity index (χ4n) is 1.68. The molecule has 0 fully saturated rings. The Morgan fingerprint density at radius 3 is 2.32 bits per heavy atom. The zero-order valence-corrected chi connectivity index (χ0v) is 15.2. The molecule has 0 aliphatic carbocycles. The van der Waals surface area contributed by atoms with E-state index in [9.17, 15) is 4.79 Å². The predicted molar refractivity (Wildman–Crippen MR) is 94.3 cm³/mol. The fraction of sp³-hybridized carbons (Fsp3) is 0.133. The molecular formula is C15H11BrCl3NO2. The van der Waals surface area contributed by atoms with E-state index in [1.807, 2.05) is 0 Å². The molecule has 22 heavy (non-hydrogen) atoms. The standard InChI is InChI=1S/C15H11BrCl3NO2/c1-8(22-14-3-2-9(17)7-13(14)16)15(21)20-12-5-10(18)4-11(19)6-12/h2-8H,1H3,(H,20,21). The summed E-state index contributed by atoms with van der Waals surface area (Å²) in [6, 6.07) is 9.86. The van der Waals surface area contributed by atoms with Crippen molar-refractivity contribution in [1.82, 2.24) is 0 Å². The third-order valence-corrected chi connectivity index (χ3v) is 3.99. The van der Waals surface area contributed by atoms with Gasteiger partial charge in [0.2, 0.25) is 0 Å². The van der Waals surface area contributed by atoms with Gasteiger partial charge in [-0.05, 0) is 59.3 Å². The zero-order valence-electron chi connectivity index (χ0n) is 11.4. The second-order valence-electron chi connectivity index (χ2n) is 4.48. The quantitative estimate of drug-likeness (QED) is 0.673. The number of hydrogen-bond donors (Lipinski definition) is 1. The molecule has 7 heteroatoms. The maximum absolute atomic E-state index is 12.2. The predicted octanol–water partition coefficient (Wildman–Crippen LogP) is 5.82. The van der Waals surface area contributed by atoms with E-state index in [1.54, 1.807) is 43.3 Å². The Morgan fingerprint density at radius 1 is 1.09 bits per heavy atom. The number of nitrogens with one attached hydrogen (secondary N) is 1. The van der Waals surface area contributed by atoms with Gasteiger partial charge < -0.3 is 10.1 Å². The lowest BCUT2D eigenvalue weighted by Gasteiger charge is -2.16. The summed E-state index contributed by atoms with van der Waals surface area (Å²) in [6.45, 7) is 1.64. The number of ether oxygens (including phenoxy) is 1. The van der Waals surface area contributed by atoms with Crippen LogP contribution in [0.3, 0.4) is 0 Å². The molecule has 3 nitrogen and oxygen atoms in total. The van der Waals surface area contributed by atoms with E-state index in [2.05, 4.69) is 21.2 Å². The molecule has 2 aromatic carbocycles. The van der Waals surface area contributed by atoms with Crippen LogP contribution in [0.4, 0.5) is 5.69 Å². The molecule has 2 aromatic rings. The Morgan fingerprint density at radius 2 is 1.73 bits per heavy atom. The van der Waals surface area contributed by atoms with Gasteiger partial charge in [-0.1, -0.05) is 34.8 Å². The van der Waals surface area contributed by atoms with Crippen LogP contribution in [-0.4, -0.2) is 12.0 Å². The van der Waals surface area contributed by atoms with Crippen LogP contribution < -0.4 is 10.1 Å². The summed E-state index contributed by atoms with van der Waals surface area (Å²) in [7, 11) is 0. The van der Waals surface area contributed by atoms with Crippen LogP contribution in [0, 0.1) is 0 Å². The minimum absolute atomic E-state index is 0.319. The van der Waals surface area contributed by atoms with Gasteiger partial charge in [0.1, 0.15) is 5.75 Å². The fourth-order valence-corrected chi connectivity index (χ4v) is 2.99. The maximum atomic E-state index is 12.2. The minimum atomic E-state index is -0.713. The number of carbonyl (C=O) groups excluding carboxylic acids is 1. The van der Waals surface area contributed by atoms with Crippen LogP contribution in [0.5, 0.6) is 5.75 Å². The van der Waals surface area contributed by atoms with Crippen molar-refractivity contribution in [2.24, 2.45) is 0 Å². The smallest absolute Gasteiger partial charge is 0.265 e. The zero-order chi connectivity index (χ0) is 16.3. The Balaban J connectivity index is 2.05. The lowest BCUT2D eigenvalue weighted by Crippen LogP contribution is -2.30. The second-order valence-corrected chi connectivity index (χ2v) is 6.65. The molecule has 0 aliphatic rings. The van der Waals surface area contributed by atoms with E-state index in [4.69, 9.17) is 39.5 Å². The van der Waals surface area contributed by atoms with Crippen molar-refractivity contribution in [1.29, 1.82) is 0 Å². The molecular weight excluding hydrogens is 412 g/mol. The Kier molecular flexibility index (Phi) is 5.98. The van der Waals surface area contributed by atoms with E-state index in [0.717, 1.165) is 0 Å². The number of carbonyl (C=O) groups is 1. The topological polar surface area (TPSA) is 38.3 Å². The van der Waals surface area contributed by atoms with Gasteiger partial charge in [0.25, 0.3) is 5.91 Å². The molecule has 0 radical (unpaired) electrons. The molecule has 0 bridgehead atoms. The summed E-state index contributed by atoms with van der Waals surface area (Å²) in [5, 5.41) is 4.16. The van der Waals surface area contributed by atoms with Crippen molar-refractivity contribution in [3.8, 4) is 5.75 Å². The third kappa shape index (κ3) is 4.78. The van der Waals surface area contributed by atoms with E-state index < -0.39 is 6.10 Å². The third-order valence-electron chi connectivity index (χ3n) is 2.70. The van der Waals surface area contributed by atoms with Gasteiger partial charge in [-0.25, -0.2) is 0 Å². The van der Waals surface area contributed by atoms with Gasteiger partial charge in [-0.3, -0.25) is 4.79 Å². The molecule has 2 rings (SSSR count). The molecule has 0 aliphatic heterocycles. The van der Waals surface area contributed by atoms with E-state index in [-0.39, 0.29) is 5.91 Å². The minimum Gasteiger partial charge on any atom is -0.480 e. The van der Waals surface area contributed by atoms with Crippen LogP contribution in [0.2, 0.25) is 15.1 Å². The van der Waals surface area contributed by atoms with E-state index >= 15 is 0 Å². The number of halogens is 4. The monoisotopic (exact) mass is 421 g/mol. The number of hydrogen-bond acceptors (Lipinski definition) is 2. The van der Waals surface area contributed by atoms with Gasteiger partial charge in [0, 0.05) is 20.8 Å². The molecule has 1 atom stereocenters. The normalized spacial score (nSPS) is 11.9. The van der Waals surface area contributed by atoms with E-state index in [1.165, 1.54) is 0 Å². The second kappa shape index (κ2) is 7.55.